The van der Waals surface area contributed by atoms with Crippen LogP contribution in [0.4, 0.5) is 0 Å². The first-order valence-corrected chi connectivity index (χ1v) is 13.6. The fourth-order valence-electron chi connectivity index (χ4n) is 4.60. The van der Waals surface area contributed by atoms with Gasteiger partial charge in [0.25, 0.3) is 0 Å². The number of hydrogen-bond acceptors (Lipinski definition) is 0. The standard InChI is InChI=1S/C30H27ClP/c31-26-20-18-25(19-21-26)30(24-16-17-24)22-23-32(27-10-4-1-5-11-27,28-12-6-2-7-13-28)29-14-8-3-9-15-29/h1-15,18-22,24H,16-17,23H2/q+1/b30-22+. The van der Waals surface area contributed by atoms with E-state index in [-0.39, 0.29) is 0 Å². The molecule has 0 amide bonds. The Morgan fingerprint density at radius 3 is 1.50 bits per heavy atom. The lowest BCUT2D eigenvalue weighted by Gasteiger charge is -2.27. The van der Waals surface area contributed by atoms with Gasteiger partial charge in [0.1, 0.15) is 23.2 Å². The van der Waals surface area contributed by atoms with Crippen molar-refractivity contribution in [3.63, 3.8) is 0 Å². The molecule has 1 aliphatic carbocycles. The summed E-state index contributed by atoms with van der Waals surface area (Å²) < 4.78 is 0. The van der Waals surface area contributed by atoms with E-state index in [9.17, 15) is 0 Å². The fourth-order valence-corrected chi connectivity index (χ4v) is 8.77. The normalized spacial score (nSPS) is 14.3. The highest BCUT2D eigenvalue weighted by Gasteiger charge is 2.44. The van der Waals surface area contributed by atoms with Gasteiger partial charge in [-0.15, -0.1) is 0 Å². The van der Waals surface area contributed by atoms with E-state index in [2.05, 4.69) is 109 Å². The molecule has 0 heterocycles. The van der Waals surface area contributed by atoms with Crippen LogP contribution in [0.1, 0.15) is 18.4 Å². The Hall–Kier alpha value is -2.66. The molecule has 0 bridgehead atoms. The molecule has 1 fully saturated rings. The summed E-state index contributed by atoms with van der Waals surface area (Å²) in [6.07, 6.45) is 6.12. The highest BCUT2D eigenvalue weighted by molar-refractivity contribution is 7.95. The minimum atomic E-state index is -1.85. The van der Waals surface area contributed by atoms with Crippen LogP contribution in [-0.2, 0) is 0 Å². The van der Waals surface area contributed by atoms with Crippen LogP contribution in [0.3, 0.4) is 0 Å². The molecular weight excluding hydrogens is 427 g/mol. The third kappa shape index (κ3) is 4.31. The van der Waals surface area contributed by atoms with Crippen LogP contribution in [-0.4, -0.2) is 6.16 Å². The first kappa shape index (κ1) is 21.2. The van der Waals surface area contributed by atoms with Gasteiger partial charge in [-0.2, -0.15) is 0 Å². The molecular formula is C30H27ClP+. The topological polar surface area (TPSA) is 0 Å². The van der Waals surface area contributed by atoms with E-state index in [1.807, 2.05) is 12.1 Å². The lowest BCUT2D eigenvalue weighted by atomic mass is 10.0. The molecule has 0 radical (unpaired) electrons. The SMILES string of the molecule is Clc1ccc(/C(=C/C[P+](c2ccccc2)(c2ccccc2)c2ccccc2)C2CC2)cc1. The molecule has 0 unspecified atom stereocenters. The van der Waals surface area contributed by atoms with Gasteiger partial charge in [-0.25, -0.2) is 0 Å². The van der Waals surface area contributed by atoms with Crippen LogP contribution < -0.4 is 15.9 Å². The Morgan fingerprint density at radius 2 is 1.09 bits per heavy atom. The van der Waals surface area contributed by atoms with Crippen molar-refractivity contribution in [2.45, 2.75) is 12.8 Å². The zero-order chi connectivity index (χ0) is 21.8. The Labute approximate surface area is 196 Å². The molecule has 4 aromatic carbocycles. The van der Waals surface area contributed by atoms with Crippen molar-refractivity contribution >= 4 is 40.4 Å². The van der Waals surface area contributed by atoms with Crippen LogP contribution in [0.15, 0.2) is 121 Å². The second-order valence-electron chi connectivity index (χ2n) is 8.44. The van der Waals surface area contributed by atoms with Crippen LogP contribution in [0, 0.1) is 5.92 Å². The maximum absolute atomic E-state index is 6.19. The summed E-state index contributed by atoms with van der Waals surface area (Å²) in [5.74, 6) is 0.667. The number of rotatable bonds is 7. The van der Waals surface area contributed by atoms with Crippen LogP contribution >= 0.6 is 18.9 Å². The monoisotopic (exact) mass is 453 g/mol. The molecule has 0 atom stereocenters. The number of halogens is 1. The molecule has 0 saturated heterocycles. The highest BCUT2D eigenvalue weighted by atomic mass is 35.5. The highest BCUT2D eigenvalue weighted by Crippen LogP contribution is 2.56. The van der Waals surface area contributed by atoms with Crippen molar-refractivity contribution in [3.8, 4) is 0 Å². The average molecular weight is 454 g/mol. The summed E-state index contributed by atoms with van der Waals surface area (Å²) in [5, 5.41) is 5.09. The van der Waals surface area contributed by atoms with E-state index in [1.165, 1.54) is 39.9 Å². The summed E-state index contributed by atoms with van der Waals surface area (Å²) in [4.78, 5) is 0. The Balaban J connectivity index is 1.69. The smallest absolute Gasteiger partial charge is 0.0843 e. The largest absolute Gasteiger partial charge is 0.115 e. The Bertz CT molecular complexity index is 1080. The van der Waals surface area contributed by atoms with Crippen molar-refractivity contribution in [1.29, 1.82) is 0 Å². The minimum Gasteiger partial charge on any atom is -0.0843 e. The van der Waals surface area contributed by atoms with Gasteiger partial charge in [-0.1, -0.05) is 78.3 Å². The molecule has 1 saturated carbocycles. The van der Waals surface area contributed by atoms with E-state index in [0.29, 0.717) is 5.92 Å². The molecule has 32 heavy (non-hydrogen) atoms. The van der Waals surface area contributed by atoms with Crippen molar-refractivity contribution < 1.29 is 0 Å². The lowest BCUT2D eigenvalue weighted by Crippen LogP contribution is -2.33. The van der Waals surface area contributed by atoms with Gasteiger partial charge in [0.2, 0.25) is 0 Å². The zero-order valence-electron chi connectivity index (χ0n) is 18.1. The van der Waals surface area contributed by atoms with Gasteiger partial charge in [-0.3, -0.25) is 0 Å². The Kier molecular flexibility index (Phi) is 6.26. The molecule has 4 aromatic rings. The molecule has 1 aliphatic rings. The predicted molar refractivity (Wildman–Crippen MR) is 142 cm³/mol. The van der Waals surface area contributed by atoms with Gasteiger partial charge in [0.15, 0.2) is 0 Å². The van der Waals surface area contributed by atoms with Gasteiger partial charge in [-0.05, 0) is 84.5 Å². The van der Waals surface area contributed by atoms with Crippen LogP contribution in [0.2, 0.25) is 5.02 Å². The minimum absolute atomic E-state index is 0.667. The van der Waals surface area contributed by atoms with E-state index >= 15 is 0 Å². The molecule has 0 spiro atoms. The molecule has 0 N–H and O–H groups in total. The van der Waals surface area contributed by atoms with Gasteiger partial charge >= 0.3 is 0 Å². The predicted octanol–water partition coefficient (Wildman–Crippen LogP) is 7.13. The van der Waals surface area contributed by atoms with Crippen molar-refractivity contribution in [2.75, 3.05) is 6.16 Å². The molecule has 0 aliphatic heterocycles. The third-order valence-electron chi connectivity index (χ3n) is 6.37. The molecule has 5 rings (SSSR count). The summed E-state index contributed by atoms with van der Waals surface area (Å²) in [6.45, 7) is 0. The molecule has 0 aromatic heterocycles. The second-order valence-corrected chi connectivity index (χ2v) is 12.4. The van der Waals surface area contributed by atoms with Gasteiger partial charge in [0.05, 0.1) is 6.16 Å². The summed E-state index contributed by atoms with van der Waals surface area (Å²) in [5.41, 5.74) is 2.79. The maximum Gasteiger partial charge on any atom is 0.115 e. The van der Waals surface area contributed by atoms with Crippen molar-refractivity contribution in [3.05, 3.63) is 132 Å². The molecule has 158 valence electrons. The lowest BCUT2D eigenvalue weighted by molar-refractivity contribution is 1.14. The molecule has 0 nitrogen and oxygen atoms in total. The quantitative estimate of drug-likeness (QED) is 0.261. The van der Waals surface area contributed by atoms with Gasteiger partial charge < -0.3 is 0 Å². The number of benzene rings is 4. The van der Waals surface area contributed by atoms with Crippen molar-refractivity contribution in [1.82, 2.24) is 0 Å². The third-order valence-corrected chi connectivity index (χ3v) is 10.9. The number of allylic oxidation sites excluding steroid dienone is 2. The van der Waals surface area contributed by atoms with E-state index in [4.69, 9.17) is 11.6 Å². The second kappa shape index (κ2) is 9.45. The number of hydrogen-bond donors (Lipinski definition) is 0. The zero-order valence-corrected chi connectivity index (χ0v) is 19.7. The van der Waals surface area contributed by atoms with E-state index < -0.39 is 7.26 Å². The Morgan fingerprint density at radius 1 is 0.656 bits per heavy atom. The van der Waals surface area contributed by atoms with Crippen LogP contribution in [0.5, 0.6) is 0 Å². The van der Waals surface area contributed by atoms with Gasteiger partial charge in [0, 0.05) is 5.02 Å². The van der Waals surface area contributed by atoms with E-state index in [1.54, 1.807) is 0 Å². The summed E-state index contributed by atoms with van der Waals surface area (Å²) in [7, 11) is -1.85. The van der Waals surface area contributed by atoms with Crippen LogP contribution in [0.25, 0.3) is 5.57 Å². The first-order chi connectivity index (χ1) is 15.8. The average Bonchev–Trinajstić information content (AvgIpc) is 3.70. The summed E-state index contributed by atoms with van der Waals surface area (Å²) in [6, 6.07) is 41.8. The molecule has 2 heteroatoms. The first-order valence-electron chi connectivity index (χ1n) is 11.3. The van der Waals surface area contributed by atoms with Crippen molar-refractivity contribution in [2.24, 2.45) is 5.92 Å². The summed E-state index contributed by atoms with van der Waals surface area (Å²) >= 11 is 6.19. The maximum atomic E-state index is 6.19. The fraction of sp³-hybridized carbons (Fsp3) is 0.133. The van der Waals surface area contributed by atoms with E-state index in [0.717, 1.165) is 11.2 Å².